The Morgan fingerprint density at radius 3 is 1.12 bits per heavy atom. The molecular formula is C72H90B4N6O16P2Si2. The van der Waals surface area contributed by atoms with E-state index in [4.69, 9.17) is 95.5 Å². The molecule has 0 amide bonds. The number of ether oxygens (including phenoxy) is 10. The number of hydrogen-bond donors (Lipinski definition) is 2. The Kier molecular flexibility index (Phi) is 28.0. The minimum atomic E-state index is -3.46. The summed E-state index contributed by atoms with van der Waals surface area (Å²) in [5, 5.41) is 36.6. The van der Waals surface area contributed by atoms with Crippen LogP contribution in [0, 0.1) is 0 Å². The molecule has 6 aromatic rings. The summed E-state index contributed by atoms with van der Waals surface area (Å²) >= 11 is 0. The van der Waals surface area contributed by atoms with Gasteiger partial charge in [-0.3, -0.25) is 0 Å². The third-order valence-corrected chi connectivity index (χ3v) is 30.3. The topological polar surface area (TPSA) is 267 Å². The fourth-order valence-electron chi connectivity index (χ4n) is 14.6. The van der Waals surface area contributed by atoms with E-state index >= 15 is 0 Å². The van der Waals surface area contributed by atoms with E-state index in [9.17, 15) is 21.3 Å². The number of aliphatic hydroxyl groups excluding tert-OH is 2. The molecule has 30 heteroatoms. The van der Waals surface area contributed by atoms with Crippen molar-refractivity contribution in [2.75, 3.05) is 20.3 Å². The Morgan fingerprint density at radius 1 is 0.431 bits per heavy atom. The highest BCUT2D eigenvalue weighted by atomic mass is 31.1. The van der Waals surface area contributed by atoms with Crippen molar-refractivity contribution in [1.82, 2.24) is 0 Å². The Labute approximate surface area is 608 Å². The molecule has 0 aliphatic carbocycles. The predicted octanol–water partition coefficient (Wildman–Crippen LogP) is 9.46. The highest BCUT2D eigenvalue weighted by molar-refractivity contribution is 7.98. The first-order valence-electron chi connectivity index (χ1n) is 34.2. The molecule has 10 unspecified atom stereocenters. The molecule has 22 nitrogen and oxygen atoms in total. The number of nitrogens with zero attached hydrogens (tertiary/aromatic N) is 6. The first kappa shape index (κ1) is 79.4. The van der Waals surface area contributed by atoms with Crippen molar-refractivity contribution in [1.29, 1.82) is 0 Å². The smallest absolute Gasteiger partial charge is 0.261 e. The fraction of sp³-hybridized carbons (Fsp3) is 0.500. The monoisotopic (exact) mass is 1460 g/mol. The van der Waals surface area contributed by atoms with E-state index < -0.39 is 165 Å². The maximum atomic E-state index is 13.3. The third-order valence-electron chi connectivity index (χ3n) is 19.3. The van der Waals surface area contributed by atoms with Gasteiger partial charge in [0, 0.05) is 16.9 Å². The van der Waals surface area contributed by atoms with Crippen LogP contribution in [-0.2, 0) is 78.5 Å². The van der Waals surface area contributed by atoms with Crippen molar-refractivity contribution in [2.24, 2.45) is 10.2 Å². The van der Waals surface area contributed by atoms with Crippen LogP contribution in [0.4, 0.5) is 0 Å². The van der Waals surface area contributed by atoms with Crippen LogP contribution in [0.3, 0.4) is 0 Å². The van der Waals surface area contributed by atoms with Gasteiger partial charge in [-0.2, -0.15) is 0 Å². The average Bonchev–Trinajstić information content (AvgIpc) is 0.749. The van der Waals surface area contributed by atoms with Gasteiger partial charge in [-0.05, 0) is 73.8 Å². The molecule has 2 N–H and O–H groups in total. The Hall–Kier alpha value is -5.15. The highest BCUT2D eigenvalue weighted by Gasteiger charge is 2.59. The lowest BCUT2D eigenvalue weighted by Crippen LogP contribution is -2.69. The zero-order chi connectivity index (χ0) is 72.9. The largest absolute Gasteiger partial charge is 0.405 e. The van der Waals surface area contributed by atoms with E-state index in [1.165, 1.54) is 7.11 Å². The van der Waals surface area contributed by atoms with E-state index in [-0.39, 0.29) is 26.4 Å². The second kappa shape index (κ2) is 36.0. The van der Waals surface area contributed by atoms with Crippen LogP contribution < -0.4 is 20.7 Å². The van der Waals surface area contributed by atoms with Crippen molar-refractivity contribution < 1.29 is 75.5 Å². The first-order chi connectivity index (χ1) is 48.9. The molecule has 102 heavy (non-hydrogen) atoms. The maximum Gasteiger partial charge on any atom is 0.261 e. The first-order valence-corrected chi connectivity index (χ1v) is 40.8. The van der Waals surface area contributed by atoms with Gasteiger partial charge < -0.3 is 75.5 Å². The summed E-state index contributed by atoms with van der Waals surface area (Å²) in [4.78, 5) is 6.55. The zero-order valence-electron chi connectivity index (χ0n) is 59.2. The number of methoxy groups -OCH3 is 1. The fourth-order valence-corrected chi connectivity index (χ4v) is 24.8. The molecular weight excluding hydrogens is 1370 g/mol. The van der Waals surface area contributed by atoms with Crippen LogP contribution in [0.25, 0.3) is 20.9 Å². The van der Waals surface area contributed by atoms with Gasteiger partial charge in [0.25, 0.3) is 16.6 Å². The van der Waals surface area contributed by atoms with Crippen LogP contribution in [0.2, 0.25) is 10.1 Å². The minimum Gasteiger partial charge on any atom is -0.405 e. The number of aliphatic hydroxyl groups is 2. The van der Waals surface area contributed by atoms with Crippen molar-refractivity contribution in [3.8, 4) is 0 Å². The molecule has 4 aliphatic heterocycles. The number of hydrogen-bond acceptors (Lipinski definition) is 18. The zero-order valence-corrected chi connectivity index (χ0v) is 63.0. The van der Waals surface area contributed by atoms with E-state index in [1.54, 1.807) is 20.8 Å². The van der Waals surface area contributed by atoms with Gasteiger partial charge in [-0.25, -0.2) is 0 Å². The SMILES string of the molecule is [B]P([B])O[C@@H]1C(N=[N+]=[N-])[C@@H](OC2C(C)O[C@H](O[C@@H]3C(CO[Si](c4ccccc4)(c4ccccc4)C(C)(C)C)O[C@H](OC4C(C)O[C@@H](C)C(O)[C@@H]4OCc4ccccc4)C(N=[N+]=[N-])[C@H]3OP([B])[B])C(O)[C@@H]2OCc2ccccc2)OC(CO[Si](c2ccccc2)(c2ccccc2)C(C)(C)C)[C@H]1OC. The molecule has 10 rings (SSSR count). The Bertz CT molecular complexity index is 3580. The normalized spacial score (nSPS) is 30.3. The molecule has 4 heterocycles. The summed E-state index contributed by atoms with van der Waals surface area (Å²) in [6.07, 6.45) is -22.2. The highest BCUT2D eigenvalue weighted by Crippen LogP contribution is 2.45. The molecule has 6 aromatic carbocycles. The lowest BCUT2D eigenvalue weighted by molar-refractivity contribution is -0.369. The van der Waals surface area contributed by atoms with Gasteiger partial charge in [0.15, 0.2) is 18.9 Å². The molecule has 0 bridgehead atoms. The summed E-state index contributed by atoms with van der Waals surface area (Å²) in [5.41, 5.74) is 22.6. The van der Waals surface area contributed by atoms with E-state index in [0.29, 0.717) is 0 Å². The van der Waals surface area contributed by atoms with Gasteiger partial charge in [0.05, 0.1) is 44.7 Å². The van der Waals surface area contributed by atoms with Crippen LogP contribution in [0.1, 0.15) is 73.4 Å². The maximum absolute atomic E-state index is 13.3. The summed E-state index contributed by atoms with van der Waals surface area (Å²) in [7, 11) is 15.9. The van der Waals surface area contributed by atoms with Crippen LogP contribution in [0.15, 0.2) is 192 Å². The molecule has 4 fully saturated rings. The molecule has 4 saturated heterocycles. The number of benzene rings is 6. The average molecular weight is 1460 g/mol. The van der Waals surface area contributed by atoms with Crippen molar-refractivity contribution in [3.63, 3.8) is 0 Å². The second-order valence-electron chi connectivity index (χ2n) is 28.0. The molecule has 4 aliphatic rings. The Morgan fingerprint density at radius 2 is 0.765 bits per heavy atom. The molecule has 20 atom stereocenters. The van der Waals surface area contributed by atoms with E-state index in [1.807, 2.05) is 133 Å². The van der Waals surface area contributed by atoms with Crippen molar-refractivity contribution in [3.05, 3.63) is 214 Å². The second-order valence-corrected chi connectivity index (χ2v) is 38.5. The van der Waals surface area contributed by atoms with Crippen LogP contribution in [0.5, 0.6) is 0 Å². The van der Waals surface area contributed by atoms with Crippen molar-refractivity contribution in [2.45, 2.75) is 208 Å². The third kappa shape index (κ3) is 18.1. The molecule has 0 spiro atoms. The predicted molar refractivity (Wildman–Crippen MR) is 399 cm³/mol. The minimum absolute atomic E-state index is 0.0626. The van der Waals surface area contributed by atoms with E-state index in [0.717, 1.165) is 31.9 Å². The summed E-state index contributed by atoms with van der Waals surface area (Å²) in [6.45, 7) is 17.8. The molecule has 534 valence electrons. The van der Waals surface area contributed by atoms with Gasteiger partial charge in [-0.15, -0.1) is 0 Å². The summed E-state index contributed by atoms with van der Waals surface area (Å²) < 4.78 is 96.3. The van der Waals surface area contributed by atoms with Gasteiger partial charge in [0.2, 0.25) is 0 Å². The molecule has 0 saturated carbocycles. The van der Waals surface area contributed by atoms with Gasteiger partial charge in [0.1, 0.15) is 116 Å². The summed E-state index contributed by atoms with van der Waals surface area (Å²) in [5.74, 6) is 0. The van der Waals surface area contributed by atoms with Gasteiger partial charge in [-0.1, -0.05) is 250 Å². The van der Waals surface area contributed by atoms with Crippen LogP contribution >= 0.6 is 15.8 Å². The standard InChI is InChI=1S/C72H90B4N6O16P2Si2/c1-45-58(83)66(86-41-48-29-17-11-18-30-48)60(46(2)90-45)94-69-57(80-82-78)65(98-100(75)76)63(55(93-69)44-89-102(72(7,8)9,52-37-25-15-26-38-52)53-39-27-16-28-40-53)96-70-59(84)67(87-42-49-31-19-12-20-32-49)61(47(3)91-70)95-68-56(79-81-77)64(97-99(73)74)62(85-10)54(92-68)43-88-101(71(4,5)6,50-33-21-13-22-34-50)51-35-23-14-24-36-51/h11-40,45-47,54-70,83-84H,41-44H2,1-10H3/t45-,46?,47?,54?,55?,56?,57?,58?,59?,60?,61?,62+,63+,64+,65+,66-,67-,68+,69+,70+/m0/s1. The van der Waals surface area contributed by atoms with Crippen molar-refractivity contribution >= 4 is 83.5 Å². The molecule has 8 radical (unpaired) electrons. The number of azide groups is 2. The Balaban J connectivity index is 1.04. The van der Waals surface area contributed by atoms with E-state index in [2.05, 4.69) is 110 Å². The van der Waals surface area contributed by atoms with Gasteiger partial charge >= 0.3 is 0 Å². The number of rotatable bonds is 29. The lowest BCUT2D eigenvalue weighted by atomic mass is 9.94. The summed E-state index contributed by atoms with van der Waals surface area (Å²) in [6, 6.07) is 56.1. The van der Waals surface area contributed by atoms with Crippen LogP contribution in [-0.4, -0.2) is 200 Å². The molecule has 0 aromatic heterocycles. The quantitative estimate of drug-likeness (QED) is 0.0145. The lowest BCUT2D eigenvalue weighted by Gasteiger charge is -2.52.